The number of para-hydroxylation sites is 1. The van der Waals surface area contributed by atoms with E-state index in [1.165, 1.54) is 5.56 Å². The number of halogens is 1. The first-order chi connectivity index (χ1) is 16.1. The lowest BCUT2D eigenvalue weighted by Gasteiger charge is -2.40. The number of fused-ring (bicyclic) bond motifs is 2. The summed E-state index contributed by atoms with van der Waals surface area (Å²) in [7, 11) is 7.61. The number of methoxy groups -OCH3 is 2. The SMILES string of the molecule is Br.COc1cccc2c1C(c1ccccc1)c1c(OC)cc(N(C)C)cc1N2c1ccccc1. The Morgan fingerprint density at radius 2 is 1.29 bits per heavy atom. The third-order valence-corrected chi connectivity index (χ3v) is 6.31. The van der Waals surface area contributed by atoms with E-state index >= 15 is 0 Å². The molecule has 4 aromatic rings. The highest BCUT2D eigenvalue weighted by Crippen LogP contribution is 2.57. The fourth-order valence-electron chi connectivity index (χ4n) is 4.80. The molecule has 1 heterocycles. The molecule has 0 saturated carbocycles. The minimum absolute atomic E-state index is 0. The lowest BCUT2D eigenvalue weighted by atomic mass is 9.79. The van der Waals surface area contributed by atoms with Gasteiger partial charge in [0.25, 0.3) is 0 Å². The van der Waals surface area contributed by atoms with Crippen LogP contribution in [0.3, 0.4) is 0 Å². The number of ether oxygens (including phenoxy) is 2. The zero-order chi connectivity index (χ0) is 22.9. The monoisotopic (exact) mass is 516 g/mol. The van der Waals surface area contributed by atoms with Gasteiger partial charge in [-0.15, -0.1) is 17.0 Å². The molecule has 1 atom stereocenters. The van der Waals surface area contributed by atoms with Gasteiger partial charge in [0.15, 0.2) is 0 Å². The van der Waals surface area contributed by atoms with Crippen LogP contribution in [0.1, 0.15) is 22.6 Å². The molecule has 0 saturated heterocycles. The molecular weight excluding hydrogens is 488 g/mol. The van der Waals surface area contributed by atoms with Gasteiger partial charge in [-0.2, -0.15) is 0 Å². The maximum Gasteiger partial charge on any atom is 0.127 e. The van der Waals surface area contributed by atoms with Crippen LogP contribution in [0.25, 0.3) is 0 Å². The van der Waals surface area contributed by atoms with E-state index in [0.29, 0.717) is 0 Å². The van der Waals surface area contributed by atoms with Crippen molar-refractivity contribution in [2.45, 2.75) is 5.92 Å². The maximum atomic E-state index is 6.03. The Kier molecular flexibility index (Phi) is 6.85. The highest BCUT2D eigenvalue weighted by Gasteiger charge is 2.37. The van der Waals surface area contributed by atoms with Crippen LogP contribution in [-0.2, 0) is 0 Å². The minimum Gasteiger partial charge on any atom is -0.496 e. The molecule has 4 aromatic carbocycles. The van der Waals surface area contributed by atoms with E-state index in [-0.39, 0.29) is 22.9 Å². The topological polar surface area (TPSA) is 24.9 Å². The van der Waals surface area contributed by atoms with Crippen LogP contribution in [-0.4, -0.2) is 28.3 Å². The third-order valence-electron chi connectivity index (χ3n) is 6.31. The first kappa shape index (κ1) is 23.7. The normalized spacial score (nSPS) is 13.9. The van der Waals surface area contributed by atoms with Crippen LogP contribution in [0.15, 0.2) is 91.0 Å². The second-order valence-electron chi connectivity index (χ2n) is 8.38. The van der Waals surface area contributed by atoms with Crippen molar-refractivity contribution in [2.24, 2.45) is 0 Å². The predicted molar refractivity (Wildman–Crippen MR) is 146 cm³/mol. The maximum absolute atomic E-state index is 6.03. The van der Waals surface area contributed by atoms with Crippen molar-refractivity contribution in [1.29, 1.82) is 0 Å². The van der Waals surface area contributed by atoms with E-state index in [4.69, 9.17) is 9.47 Å². The second-order valence-corrected chi connectivity index (χ2v) is 8.38. The Morgan fingerprint density at radius 1 is 0.676 bits per heavy atom. The van der Waals surface area contributed by atoms with Crippen molar-refractivity contribution in [3.05, 3.63) is 108 Å². The fraction of sp³-hybridized carbons (Fsp3) is 0.172. The summed E-state index contributed by atoms with van der Waals surface area (Å²) >= 11 is 0. The van der Waals surface area contributed by atoms with Gasteiger partial charge >= 0.3 is 0 Å². The summed E-state index contributed by atoms with van der Waals surface area (Å²) < 4.78 is 12.0. The molecular formula is C29H29BrN2O2. The molecule has 0 aliphatic carbocycles. The number of hydrogen-bond donors (Lipinski definition) is 0. The van der Waals surface area contributed by atoms with E-state index in [1.54, 1.807) is 14.2 Å². The molecule has 0 fully saturated rings. The van der Waals surface area contributed by atoms with Gasteiger partial charge in [0.1, 0.15) is 11.5 Å². The summed E-state index contributed by atoms with van der Waals surface area (Å²) in [6, 6.07) is 31.7. The fourth-order valence-corrected chi connectivity index (χ4v) is 4.80. The summed E-state index contributed by atoms with van der Waals surface area (Å²) in [5.74, 6) is 1.70. The molecule has 1 aliphatic heterocycles. The van der Waals surface area contributed by atoms with Crippen molar-refractivity contribution < 1.29 is 9.47 Å². The van der Waals surface area contributed by atoms with Crippen LogP contribution in [0, 0.1) is 0 Å². The van der Waals surface area contributed by atoms with Crippen molar-refractivity contribution in [2.75, 3.05) is 38.1 Å². The molecule has 0 aromatic heterocycles. The number of anilines is 4. The minimum atomic E-state index is -0.0292. The largest absolute Gasteiger partial charge is 0.496 e. The van der Waals surface area contributed by atoms with Gasteiger partial charge in [-0.1, -0.05) is 54.6 Å². The van der Waals surface area contributed by atoms with Crippen LogP contribution >= 0.6 is 17.0 Å². The summed E-state index contributed by atoms with van der Waals surface area (Å²) in [6.07, 6.45) is 0. The third kappa shape index (κ3) is 3.90. The number of nitrogens with zero attached hydrogens (tertiary/aromatic N) is 2. The molecule has 174 valence electrons. The quantitative estimate of drug-likeness (QED) is 0.244. The average molecular weight is 517 g/mol. The standard InChI is InChI=1S/C29H28N2O2.BrH/c1-30(2)22-18-24-29(26(19-22)33-4)27(20-12-7-5-8-13-20)28-23(16-11-17-25(28)32-3)31(24)21-14-9-6-10-15-21;/h5-19,27H,1-4H3;1H. The average Bonchev–Trinajstić information content (AvgIpc) is 2.87. The summed E-state index contributed by atoms with van der Waals surface area (Å²) in [5.41, 5.74) is 7.88. The molecule has 5 heteroatoms. The van der Waals surface area contributed by atoms with Crippen LogP contribution in [0.5, 0.6) is 11.5 Å². The lowest BCUT2D eigenvalue weighted by molar-refractivity contribution is 0.402. The molecule has 1 aliphatic rings. The van der Waals surface area contributed by atoms with E-state index in [1.807, 2.05) is 12.1 Å². The Hall–Kier alpha value is -3.44. The molecule has 0 amide bonds. The molecule has 0 radical (unpaired) electrons. The predicted octanol–water partition coefficient (Wildman–Crippen LogP) is 7.31. The highest BCUT2D eigenvalue weighted by atomic mass is 79.9. The molecule has 0 spiro atoms. The van der Waals surface area contributed by atoms with E-state index < -0.39 is 0 Å². The molecule has 4 nitrogen and oxygen atoms in total. The Bertz CT molecular complexity index is 1280. The number of hydrogen-bond acceptors (Lipinski definition) is 4. The summed E-state index contributed by atoms with van der Waals surface area (Å²) in [6.45, 7) is 0. The molecule has 1 unspecified atom stereocenters. The van der Waals surface area contributed by atoms with Crippen LogP contribution in [0.4, 0.5) is 22.7 Å². The van der Waals surface area contributed by atoms with Gasteiger partial charge < -0.3 is 19.3 Å². The molecule has 34 heavy (non-hydrogen) atoms. The van der Waals surface area contributed by atoms with Crippen molar-refractivity contribution in [3.8, 4) is 11.5 Å². The van der Waals surface area contributed by atoms with E-state index in [9.17, 15) is 0 Å². The van der Waals surface area contributed by atoms with Crippen LogP contribution < -0.4 is 19.3 Å². The number of benzene rings is 4. The van der Waals surface area contributed by atoms with Gasteiger partial charge in [-0.25, -0.2) is 0 Å². The van der Waals surface area contributed by atoms with E-state index in [2.05, 4.69) is 103 Å². The van der Waals surface area contributed by atoms with E-state index in [0.717, 1.165) is 45.4 Å². The first-order valence-electron chi connectivity index (χ1n) is 11.1. The van der Waals surface area contributed by atoms with Gasteiger partial charge in [0.2, 0.25) is 0 Å². The van der Waals surface area contributed by atoms with Crippen molar-refractivity contribution >= 4 is 39.7 Å². The summed E-state index contributed by atoms with van der Waals surface area (Å²) in [5, 5.41) is 0. The smallest absolute Gasteiger partial charge is 0.127 e. The zero-order valence-corrected chi connectivity index (χ0v) is 21.6. The van der Waals surface area contributed by atoms with Crippen LogP contribution in [0.2, 0.25) is 0 Å². The molecule has 0 bridgehead atoms. The van der Waals surface area contributed by atoms with Gasteiger partial charge in [0.05, 0.1) is 25.6 Å². The Morgan fingerprint density at radius 3 is 1.91 bits per heavy atom. The zero-order valence-electron chi connectivity index (χ0n) is 19.9. The van der Waals surface area contributed by atoms with Gasteiger partial charge in [-0.05, 0) is 35.9 Å². The second kappa shape index (κ2) is 9.82. The molecule has 5 rings (SSSR count). The highest BCUT2D eigenvalue weighted by molar-refractivity contribution is 8.93. The lowest BCUT2D eigenvalue weighted by Crippen LogP contribution is -2.24. The van der Waals surface area contributed by atoms with Crippen molar-refractivity contribution in [1.82, 2.24) is 0 Å². The van der Waals surface area contributed by atoms with Gasteiger partial charge in [0, 0.05) is 48.6 Å². The number of rotatable bonds is 5. The summed E-state index contributed by atoms with van der Waals surface area (Å²) in [4.78, 5) is 4.44. The van der Waals surface area contributed by atoms with Crippen molar-refractivity contribution in [3.63, 3.8) is 0 Å². The first-order valence-corrected chi connectivity index (χ1v) is 11.1. The molecule has 0 N–H and O–H groups in total. The van der Waals surface area contributed by atoms with Gasteiger partial charge in [-0.3, -0.25) is 0 Å². The Labute approximate surface area is 212 Å². The Balaban J connectivity index is 0.00000274.